The molecule has 2 saturated carbocycles. The van der Waals surface area contributed by atoms with Gasteiger partial charge in [0.2, 0.25) is 5.88 Å². The van der Waals surface area contributed by atoms with Gasteiger partial charge in [-0.05, 0) is 70.2 Å². The molecule has 2 aliphatic rings. The first-order valence-corrected chi connectivity index (χ1v) is 14.2. The van der Waals surface area contributed by atoms with E-state index in [2.05, 4.69) is 59.6 Å². The summed E-state index contributed by atoms with van der Waals surface area (Å²) >= 11 is 0. The van der Waals surface area contributed by atoms with Crippen LogP contribution in [0, 0.1) is 11.3 Å². The van der Waals surface area contributed by atoms with Crippen LogP contribution in [0.5, 0.6) is 5.88 Å². The minimum absolute atomic E-state index is 0. The van der Waals surface area contributed by atoms with Gasteiger partial charge in [-0.2, -0.15) is 0 Å². The summed E-state index contributed by atoms with van der Waals surface area (Å²) in [5.74, 6) is 1.59. The Morgan fingerprint density at radius 1 is 1.15 bits per heavy atom. The third-order valence-electron chi connectivity index (χ3n) is 6.44. The summed E-state index contributed by atoms with van der Waals surface area (Å²) in [6.45, 7) is 15.3. The van der Waals surface area contributed by atoms with Gasteiger partial charge in [0.1, 0.15) is 0 Å². The largest absolute Gasteiger partial charge is 0.480 e. The number of anilines is 1. The molecule has 39 heavy (non-hydrogen) atoms. The maximum Gasteiger partial charge on any atom is 0.232 e. The van der Waals surface area contributed by atoms with Crippen LogP contribution in [0.2, 0.25) is 0 Å². The smallest absolute Gasteiger partial charge is 0.232 e. The number of allylic oxidation sites excluding steroid dienone is 4. The van der Waals surface area contributed by atoms with Crippen LogP contribution in [-0.2, 0) is 4.74 Å². The van der Waals surface area contributed by atoms with Crippen LogP contribution >= 0.6 is 0 Å². The predicted octanol–water partition coefficient (Wildman–Crippen LogP) is 8.13. The maximum absolute atomic E-state index is 5.19. The molecule has 0 amide bonds. The molecule has 2 aromatic rings. The van der Waals surface area contributed by atoms with Crippen LogP contribution in [0.25, 0.3) is 11.3 Å². The van der Waals surface area contributed by atoms with Crippen molar-refractivity contribution < 1.29 is 12.3 Å². The Hall–Kier alpha value is -3.03. The molecule has 1 unspecified atom stereocenters. The molecule has 1 atom stereocenters. The van der Waals surface area contributed by atoms with E-state index in [-0.39, 0.29) is 14.4 Å². The lowest BCUT2D eigenvalue weighted by molar-refractivity contribution is 0.166. The van der Waals surface area contributed by atoms with Gasteiger partial charge in [0.25, 0.3) is 0 Å². The number of nitrogens with zero attached hydrogens (tertiary/aromatic N) is 3. The first-order valence-electron chi connectivity index (χ1n) is 14.2. The number of nitrogens with one attached hydrogen (secondary N) is 2. The number of methoxy groups -OCH3 is 2. The molecular formula is C32H53N5O2. The Morgan fingerprint density at radius 3 is 2.31 bits per heavy atom. The Balaban J connectivity index is 0.00000180. The van der Waals surface area contributed by atoms with E-state index < -0.39 is 0 Å². The Kier molecular flexibility index (Phi) is 13.3. The third kappa shape index (κ3) is 10.6. The highest BCUT2D eigenvalue weighted by molar-refractivity contribution is 6.02. The fourth-order valence-corrected chi connectivity index (χ4v) is 3.78. The number of hydrogen-bond acceptors (Lipinski definition) is 7. The first-order chi connectivity index (χ1) is 18.8. The summed E-state index contributed by atoms with van der Waals surface area (Å²) in [4.78, 5) is 13.6. The fraction of sp³-hybridized carbons (Fsp3) is 0.531. The first kappa shape index (κ1) is 32.2. The highest BCUT2D eigenvalue weighted by Crippen LogP contribution is 2.42. The van der Waals surface area contributed by atoms with Gasteiger partial charge in [0.05, 0.1) is 38.1 Å². The van der Waals surface area contributed by atoms with Crippen LogP contribution in [0.3, 0.4) is 0 Å². The van der Waals surface area contributed by atoms with Gasteiger partial charge in [-0.25, -0.2) is 4.98 Å². The summed E-state index contributed by atoms with van der Waals surface area (Å²) in [5.41, 5.74) is 6.19. The minimum Gasteiger partial charge on any atom is -0.480 e. The van der Waals surface area contributed by atoms with Crippen molar-refractivity contribution in [3.63, 3.8) is 0 Å². The molecule has 0 aliphatic heterocycles. The summed E-state index contributed by atoms with van der Waals surface area (Å²) < 4.78 is 10.3. The molecule has 2 fully saturated rings. The standard InChI is InChI=1S/C26H35N5O2.C4H8.C2H6.2H2/c1-7-8-23(29-18(2)28-17-32-5)26(3,4)25(20-9-10-20)30-21-13-11-19(12-14-21)22-15-27-16-24(31-22)33-6;1-4-2-3-4;1-2;;/h7-8,11-16,18,28,30H,9-10,17H2,1-6H3;4H,2-3H2,1H3;1-2H3;2*1H/b8-7-,29-23+;;;;. The summed E-state index contributed by atoms with van der Waals surface area (Å²) in [5, 5.41) is 6.95. The third-order valence-corrected chi connectivity index (χ3v) is 6.44. The molecular weight excluding hydrogens is 486 g/mol. The Morgan fingerprint density at radius 2 is 1.79 bits per heavy atom. The van der Waals surface area contributed by atoms with Crippen molar-refractivity contribution in [1.82, 2.24) is 15.3 Å². The lowest BCUT2D eigenvalue weighted by Gasteiger charge is -2.31. The highest BCUT2D eigenvalue weighted by atomic mass is 16.5. The molecule has 1 aromatic carbocycles. The monoisotopic (exact) mass is 539 g/mol. The van der Waals surface area contributed by atoms with Crippen LogP contribution < -0.4 is 15.4 Å². The Bertz CT molecular complexity index is 1110. The van der Waals surface area contributed by atoms with Gasteiger partial charge in [-0.3, -0.25) is 15.3 Å². The summed E-state index contributed by atoms with van der Waals surface area (Å²) in [6.07, 6.45) is 12.6. The van der Waals surface area contributed by atoms with Gasteiger partial charge >= 0.3 is 0 Å². The van der Waals surface area contributed by atoms with Gasteiger partial charge in [0, 0.05) is 38.0 Å². The number of rotatable bonds is 11. The van der Waals surface area contributed by atoms with E-state index in [1.165, 1.54) is 24.1 Å². The molecule has 0 saturated heterocycles. The maximum atomic E-state index is 5.19. The van der Waals surface area contributed by atoms with E-state index in [0.717, 1.165) is 41.4 Å². The predicted molar refractivity (Wildman–Crippen MR) is 168 cm³/mol. The van der Waals surface area contributed by atoms with E-state index in [0.29, 0.717) is 12.6 Å². The quantitative estimate of drug-likeness (QED) is 0.222. The molecule has 2 aliphatic carbocycles. The second-order valence-electron chi connectivity index (χ2n) is 10.3. The SMILES string of the molecule is C/C=C\C(=N/C(C)NCOC)C(C)(C)C(Nc1ccc(-c2cncc(OC)n2)cc1)=C1CC1.CC.CC1CC1.[HH].[HH]. The molecule has 7 heteroatoms. The zero-order valence-corrected chi connectivity index (χ0v) is 25.5. The molecule has 7 nitrogen and oxygen atoms in total. The highest BCUT2D eigenvalue weighted by Gasteiger charge is 2.34. The number of benzene rings is 1. The lowest BCUT2D eigenvalue weighted by atomic mass is 9.82. The average molecular weight is 540 g/mol. The molecule has 0 bridgehead atoms. The van der Waals surface area contributed by atoms with E-state index in [1.54, 1.807) is 26.6 Å². The molecule has 0 radical (unpaired) electrons. The van der Waals surface area contributed by atoms with Crippen LogP contribution in [0.4, 0.5) is 5.69 Å². The molecule has 0 spiro atoms. The second kappa shape index (κ2) is 16.2. The Labute approximate surface area is 239 Å². The zero-order chi connectivity index (χ0) is 28.8. The van der Waals surface area contributed by atoms with Gasteiger partial charge in [0.15, 0.2) is 0 Å². The molecule has 1 heterocycles. The van der Waals surface area contributed by atoms with Crippen molar-refractivity contribution in [2.75, 3.05) is 26.3 Å². The van der Waals surface area contributed by atoms with Crippen molar-refractivity contribution in [3.8, 4) is 17.1 Å². The molecule has 218 valence electrons. The van der Waals surface area contributed by atoms with Gasteiger partial charge < -0.3 is 14.8 Å². The summed E-state index contributed by atoms with van der Waals surface area (Å²) in [7, 11) is 3.26. The van der Waals surface area contributed by atoms with Crippen molar-refractivity contribution in [2.24, 2.45) is 16.3 Å². The average Bonchev–Trinajstić information content (AvgIpc) is 3.90. The van der Waals surface area contributed by atoms with E-state index in [9.17, 15) is 0 Å². The number of aliphatic imine (C=N–C) groups is 1. The molecule has 1 aromatic heterocycles. The van der Waals surface area contributed by atoms with Crippen LogP contribution in [0.15, 0.2) is 65.1 Å². The van der Waals surface area contributed by atoms with Crippen molar-refractivity contribution >= 4 is 11.4 Å². The fourth-order valence-electron chi connectivity index (χ4n) is 3.78. The number of aromatic nitrogens is 2. The lowest BCUT2D eigenvalue weighted by Crippen LogP contribution is -2.33. The van der Waals surface area contributed by atoms with Crippen molar-refractivity contribution in [2.45, 2.75) is 80.3 Å². The minimum atomic E-state index is -0.279. The molecule has 4 rings (SSSR count). The molecule has 2 N–H and O–H groups in total. The number of ether oxygens (including phenoxy) is 2. The number of hydrogen-bond donors (Lipinski definition) is 2. The van der Waals surface area contributed by atoms with Gasteiger partial charge in [-0.15, -0.1) is 0 Å². The van der Waals surface area contributed by atoms with E-state index >= 15 is 0 Å². The van der Waals surface area contributed by atoms with Crippen LogP contribution in [0.1, 0.15) is 77.0 Å². The van der Waals surface area contributed by atoms with Crippen LogP contribution in [-0.4, -0.2) is 42.8 Å². The normalized spacial score (nSPS) is 15.5. The van der Waals surface area contributed by atoms with E-state index in [4.69, 9.17) is 14.5 Å². The zero-order valence-electron chi connectivity index (χ0n) is 25.5. The second-order valence-corrected chi connectivity index (χ2v) is 10.3. The van der Waals surface area contributed by atoms with Crippen molar-refractivity contribution in [3.05, 3.63) is 60.1 Å². The van der Waals surface area contributed by atoms with Gasteiger partial charge in [-0.1, -0.05) is 51.8 Å². The van der Waals surface area contributed by atoms with E-state index in [1.807, 2.05) is 45.9 Å². The van der Waals surface area contributed by atoms with Crippen molar-refractivity contribution in [1.29, 1.82) is 0 Å². The topological polar surface area (TPSA) is 80.7 Å². The summed E-state index contributed by atoms with van der Waals surface area (Å²) in [6, 6.07) is 8.24.